The molecule has 4 nitrogen and oxygen atoms in total. The minimum absolute atomic E-state index is 0.858. The quantitative estimate of drug-likeness (QED) is 0.618. The van der Waals surface area contributed by atoms with E-state index >= 15 is 0 Å². The topological polar surface area (TPSA) is 48.9 Å². The Morgan fingerprint density at radius 3 is 2.57 bits per heavy atom. The van der Waals surface area contributed by atoms with Gasteiger partial charge in [0.25, 0.3) is 0 Å². The van der Waals surface area contributed by atoms with Crippen molar-refractivity contribution >= 4 is 12.0 Å². The molecule has 0 bridgehead atoms. The summed E-state index contributed by atoms with van der Waals surface area (Å²) in [6.45, 7) is 3.36. The third kappa shape index (κ3) is 7.72. The molecule has 0 saturated carbocycles. The first kappa shape index (κ1) is 16.7. The molecule has 1 aromatic carbocycles. The lowest BCUT2D eigenvalue weighted by molar-refractivity contribution is -0.671. The Hall–Kier alpha value is -2.36. The molecular weight excluding hydrogens is 264 g/mol. The zero-order valence-electron chi connectivity index (χ0n) is 12.6. The van der Waals surface area contributed by atoms with Gasteiger partial charge in [0.15, 0.2) is 0 Å². The number of aliphatic carboxylic acids is 1. The molecular formula is C17H22N2O2. The van der Waals surface area contributed by atoms with E-state index in [4.69, 9.17) is 0 Å². The van der Waals surface area contributed by atoms with Gasteiger partial charge in [0.05, 0.1) is 19.6 Å². The molecule has 2 aromatic rings. The fourth-order valence-electron chi connectivity index (χ4n) is 1.70. The monoisotopic (exact) mass is 286 g/mol. The third-order valence-corrected chi connectivity index (χ3v) is 2.81. The number of benzene rings is 1. The Kier molecular flexibility index (Phi) is 7.58. The van der Waals surface area contributed by atoms with Crippen molar-refractivity contribution in [1.29, 1.82) is 0 Å². The van der Waals surface area contributed by atoms with Crippen LogP contribution in [0.15, 0.2) is 55.1 Å². The maximum absolute atomic E-state index is 9.97. The van der Waals surface area contributed by atoms with E-state index in [1.807, 2.05) is 37.4 Å². The average Bonchev–Trinajstić information content (AvgIpc) is 2.90. The number of rotatable bonds is 5. The van der Waals surface area contributed by atoms with E-state index < -0.39 is 5.97 Å². The highest BCUT2D eigenvalue weighted by molar-refractivity contribution is 5.83. The van der Waals surface area contributed by atoms with Crippen LogP contribution in [0.2, 0.25) is 0 Å². The molecule has 1 heterocycles. The van der Waals surface area contributed by atoms with Gasteiger partial charge in [-0.25, -0.2) is 9.13 Å². The van der Waals surface area contributed by atoms with Gasteiger partial charge in [-0.05, 0) is 18.1 Å². The number of imidazole rings is 1. The number of nitrogens with zero attached hydrogens (tertiary/aromatic N) is 2. The van der Waals surface area contributed by atoms with Crippen LogP contribution >= 0.6 is 0 Å². The first-order valence-electron chi connectivity index (χ1n) is 7.07. The van der Waals surface area contributed by atoms with E-state index in [2.05, 4.69) is 34.8 Å². The van der Waals surface area contributed by atoms with Crippen molar-refractivity contribution in [2.75, 3.05) is 0 Å². The van der Waals surface area contributed by atoms with Crippen LogP contribution in [0.4, 0.5) is 0 Å². The van der Waals surface area contributed by atoms with Crippen molar-refractivity contribution in [1.82, 2.24) is 4.57 Å². The van der Waals surface area contributed by atoms with E-state index in [1.165, 1.54) is 18.9 Å². The highest BCUT2D eigenvalue weighted by atomic mass is 16.4. The summed E-state index contributed by atoms with van der Waals surface area (Å²) in [5.41, 5.74) is 0.858. The van der Waals surface area contributed by atoms with Gasteiger partial charge in [0, 0.05) is 0 Å². The SMILES string of the molecule is CCCCn1cc[n+](C)c1.O=C([O-])/C=C/c1ccccc1. The Morgan fingerprint density at radius 1 is 1.33 bits per heavy atom. The number of unbranched alkanes of at least 4 members (excludes halogenated alkanes) is 1. The zero-order valence-corrected chi connectivity index (χ0v) is 12.6. The molecule has 1 aromatic heterocycles. The van der Waals surface area contributed by atoms with Crippen LogP contribution in [0.25, 0.3) is 6.08 Å². The lowest BCUT2D eigenvalue weighted by Crippen LogP contribution is -2.23. The molecule has 0 spiro atoms. The summed E-state index contributed by atoms with van der Waals surface area (Å²) in [5, 5.41) is 9.97. The molecule has 0 fully saturated rings. The van der Waals surface area contributed by atoms with E-state index in [-0.39, 0.29) is 0 Å². The second kappa shape index (κ2) is 9.53. The van der Waals surface area contributed by atoms with Crippen molar-refractivity contribution in [3.05, 3.63) is 60.7 Å². The summed E-state index contributed by atoms with van der Waals surface area (Å²) in [6.07, 6.45) is 11.3. The zero-order chi connectivity index (χ0) is 15.5. The minimum Gasteiger partial charge on any atom is -0.545 e. The molecule has 112 valence electrons. The molecule has 0 radical (unpaired) electrons. The molecule has 0 aliphatic heterocycles. The van der Waals surface area contributed by atoms with E-state index in [9.17, 15) is 9.90 Å². The number of carboxylic acid groups (broad SMARTS) is 1. The maximum Gasteiger partial charge on any atom is 0.243 e. The summed E-state index contributed by atoms with van der Waals surface area (Å²) >= 11 is 0. The summed E-state index contributed by atoms with van der Waals surface area (Å²) in [5.74, 6) is -1.17. The molecule has 2 rings (SSSR count). The van der Waals surface area contributed by atoms with Crippen LogP contribution in [0.3, 0.4) is 0 Å². The van der Waals surface area contributed by atoms with Crippen molar-refractivity contribution in [3.8, 4) is 0 Å². The van der Waals surface area contributed by atoms with Gasteiger partial charge in [0.1, 0.15) is 12.4 Å². The number of aryl methyl sites for hydroxylation is 2. The van der Waals surface area contributed by atoms with Gasteiger partial charge in [0.2, 0.25) is 6.33 Å². The first-order chi connectivity index (χ1) is 10.1. The van der Waals surface area contributed by atoms with Crippen LogP contribution in [-0.4, -0.2) is 10.5 Å². The van der Waals surface area contributed by atoms with Gasteiger partial charge in [-0.1, -0.05) is 49.8 Å². The predicted octanol–water partition coefficient (Wildman–Crippen LogP) is 1.56. The Bertz CT molecular complexity index is 559. The van der Waals surface area contributed by atoms with Gasteiger partial charge >= 0.3 is 0 Å². The molecule has 0 amide bonds. The van der Waals surface area contributed by atoms with Crippen molar-refractivity contribution in [2.45, 2.75) is 26.3 Å². The summed E-state index contributed by atoms with van der Waals surface area (Å²) in [7, 11) is 2.04. The molecule has 0 atom stereocenters. The summed E-state index contributed by atoms with van der Waals surface area (Å²) in [6, 6.07) is 9.19. The number of aromatic nitrogens is 2. The smallest absolute Gasteiger partial charge is 0.243 e. The molecule has 0 aliphatic carbocycles. The van der Waals surface area contributed by atoms with E-state index in [1.54, 1.807) is 0 Å². The van der Waals surface area contributed by atoms with Crippen LogP contribution in [0, 0.1) is 0 Å². The van der Waals surface area contributed by atoms with Crippen LogP contribution in [0.5, 0.6) is 0 Å². The summed E-state index contributed by atoms with van der Waals surface area (Å²) < 4.78 is 4.28. The number of carboxylic acids is 1. The Morgan fingerprint density at radius 2 is 2.05 bits per heavy atom. The number of carbonyl (C=O) groups excluding carboxylic acids is 1. The highest BCUT2D eigenvalue weighted by Gasteiger charge is 1.96. The third-order valence-electron chi connectivity index (χ3n) is 2.81. The van der Waals surface area contributed by atoms with E-state index in [0.717, 1.165) is 18.2 Å². The van der Waals surface area contributed by atoms with E-state index in [0.29, 0.717) is 0 Å². The lowest BCUT2D eigenvalue weighted by atomic mass is 10.2. The average molecular weight is 286 g/mol. The van der Waals surface area contributed by atoms with Crippen LogP contribution < -0.4 is 9.67 Å². The largest absolute Gasteiger partial charge is 0.545 e. The maximum atomic E-state index is 9.97. The number of hydrogen-bond acceptors (Lipinski definition) is 2. The molecule has 0 N–H and O–H groups in total. The Balaban J connectivity index is 0.000000211. The molecule has 21 heavy (non-hydrogen) atoms. The normalized spacial score (nSPS) is 10.2. The number of carbonyl (C=O) groups is 1. The fourth-order valence-corrected chi connectivity index (χ4v) is 1.70. The van der Waals surface area contributed by atoms with Crippen molar-refractivity contribution < 1.29 is 14.5 Å². The van der Waals surface area contributed by atoms with Crippen LogP contribution in [0.1, 0.15) is 25.3 Å². The lowest BCUT2D eigenvalue weighted by Gasteiger charge is -1.91. The molecule has 0 saturated heterocycles. The van der Waals surface area contributed by atoms with Crippen molar-refractivity contribution in [2.24, 2.45) is 7.05 Å². The Labute approximate surface area is 126 Å². The van der Waals surface area contributed by atoms with Gasteiger partial charge in [-0.3, -0.25) is 0 Å². The first-order valence-corrected chi connectivity index (χ1v) is 7.07. The van der Waals surface area contributed by atoms with Gasteiger partial charge < -0.3 is 9.90 Å². The van der Waals surface area contributed by atoms with Crippen molar-refractivity contribution in [3.63, 3.8) is 0 Å². The minimum atomic E-state index is -1.17. The second-order valence-corrected chi connectivity index (χ2v) is 4.73. The number of hydrogen-bond donors (Lipinski definition) is 0. The van der Waals surface area contributed by atoms with Gasteiger partial charge in [-0.15, -0.1) is 0 Å². The fraction of sp³-hybridized carbons (Fsp3) is 0.294. The predicted molar refractivity (Wildman–Crippen MR) is 81.0 cm³/mol. The molecule has 0 unspecified atom stereocenters. The highest BCUT2D eigenvalue weighted by Crippen LogP contribution is 1.99. The summed E-state index contributed by atoms with van der Waals surface area (Å²) in [4.78, 5) is 9.97. The molecule has 0 aliphatic rings. The molecule has 4 heteroatoms. The van der Waals surface area contributed by atoms with Gasteiger partial charge in [-0.2, -0.15) is 0 Å². The van der Waals surface area contributed by atoms with Crippen LogP contribution in [-0.2, 0) is 18.4 Å². The standard InChI is InChI=1S/C9H8O2.C8H15N2/c10-9(11)7-6-8-4-2-1-3-5-8;1-3-4-5-10-7-6-9(2)8-10/h1-7H,(H,10,11);6-8H,3-5H2,1-2H3/q;+1/p-1/b7-6+;. The second-order valence-electron chi connectivity index (χ2n) is 4.73.